The van der Waals surface area contributed by atoms with Crippen molar-refractivity contribution in [3.63, 3.8) is 0 Å². The predicted molar refractivity (Wildman–Crippen MR) is 77.4 cm³/mol. The first-order chi connectivity index (χ1) is 9.48. The van der Waals surface area contributed by atoms with Crippen LogP contribution in [0.25, 0.3) is 6.08 Å². The summed E-state index contributed by atoms with van der Waals surface area (Å²) in [4.78, 5) is 22.5. The molecule has 20 heavy (non-hydrogen) atoms. The second-order valence-corrected chi connectivity index (χ2v) is 5.64. The maximum Gasteiger partial charge on any atom is 0.328 e. The van der Waals surface area contributed by atoms with Gasteiger partial charge in [0, 0.05) is 18.2 Å². The Labute approximate surface area is 118 Å². The molecule has 0 aromatic heterocycles. The highest BCUT2D eigenvalue weighted by molar-refractivity contribution is 5.95. The van der Waals surface area contributed by atoms with Crippen molar-refractivity contribution in [1.82, 2.24) is 5.32 Å². The van der Waals surface area contributed by atoms with E-state index in [1.165, 1.54) is 12.5 Å². The summed E-state index contributed by atoms with van der Waals surface area (Å²) in [7, 11) is 0. The molecule has 1 aliphatic rings. The summed E-state index contributed by atoms with van der Waals surface area (Å²) in [5, 5.41) is 11.5. The lowest BCUT2D eigenvalue weighted by molar-refractivity contribution is -0.131. The molecule has 4 heteroatoms. The van der Waals surface area contributed by atoms with E-state index in [0.717, 1.165) is 18.9 Å². The minimum absolute atomic E-state index is 0.108. The Morgan fingerprint density at radius 1 is 1.40 bits per heavy atom. The topological polar surface area (TPSA) is 66.4 Å². The summed E-state index contributed by atoms with van der Waals surface area (Å²) in [6.07, 6.45) is 6.10. The van der Waals surface area contributed by atoms with Crippen LogP contribution < -0.4 is 5.32 Å². The van der Waals surface area contributed by atoms with Crippen LogP contribution in [0.1, 0.15) is 42.1 Å². The van der Waals surface area contributed by atoms with Crippen molar-refractivity contribution >= 4 is 18.0 Å². The number of carbonyl (C=O) groups is 2. The molecule has 1 aliphatic carbocycles. The summed E-state index contributed by atoms with van der Waals surface area (Å²) in [5.74, 6) is -1.11. The lowest BCUT2D eigenvalue weighted by atomic mass is 9.70. The zero-order valence-electron chi connectivity index (χ0n) is 11.6. The Morgan fingerprint density at radius 3 is 2.75 bits per heavy atom. The number of carbonyl (C=O) groups excluding carboxylic acids is 1. The number of nitrogens with one attached hydrogen (secondary N) is 1. The lowest BCUT2D eigenvalue weighted by Gasteiger charge is -2.38. The second-order valence-electron chi connectivity index (χ2n) is 5.64. The number of hydrogen-bond acceptors (Lipinski definition) is 2. The number of hydrogen-bond donors (Lipinski definition) is 2. The summed E-state index contributed by atoms with van der Waals surface area (Å²) in [5.41, 5.74) is 1.51. The lowest BCUT2D eigenvalue weighted by Crippen LogP contribution is -2.39. The molecule has 106 valence electrons. The quantitative estimate of drug-likeness (QED) is 0.811. The van der Waals surface area contributed by atoms with Crippen molar-refractivity contribution in [1.29, 1.82) is 0 Å². The Kier molecular flexibility index (Phi) is 4.23. The standard InChI is InChI=1S/C16H19NO3/c1-16(8-3-9-16)11-17-15(20)13-5-2-4-12(10-13)6-7-14(18)19/h2,4-7,10H,3,8-9,11H2,1H3,(H,17,20)(H,18,19)/b7-6+. The van der Waals surface area contributed by atoms with Crippen LogP contribution in [-0.4, -0.2) is 23.5 Å². The van der Waals surface area contributed by atoms with Crippen molar-refractivity contribution in [3.05, 3.63) is 41.5 Å². The van der Waals surface area contributed by atoms with Crippen LogP contribution >= 0.6 is 0 Å². The average molecular weight is 273 g/mol. The zero-order valence-corrected chi connectivity index (χ0v) is 11.6. The zero-order chi connectivity index (χ0) is 14.6. The molecule has 2 N–H and O–H groups in total. The maximum absolute atomic E-state index is 12.1. The third kappa shape index (κ3) is 3.70. The number of carboxylic acids is 1. The molecule has 0 unspecified atom stereocenters. The molecule has 1 aromatic carbocycles. The van der Waals surface area contributed by atoms with Crippen LogP contribution in [0.3, 0.4) is 0 Å². The Hall–Kier alpha value is -2.10. The van der Waals surface area contributed by atoms with Gasteiger partial charge in [-0.25, -0.2) is 4.79 Å². The first-order valence-corrected chi connectivity index (χ1v) is 6.78. The molecule has 0 aliphatic heterocycles. The van der Waals surface area contributed by atoms with Gasteiger partial charge in [-0.2, -0.15) is 0 Å². The number of carboxylic acid groups (broad SMARTS) is 1. The van der Waals surface area contributed by atoms with E-state index in [0.29, 0.717) is 17.7 Å². The molecule has 2 rings (SSSR count). The Balaban J connectivity index is 1.98. The summed E-state index contributed by atoms with van der Waals surface area (Å²) >= 11 is 0. The fourth-order valence-corrected chi connectivity index (χ4v) is 2.30. The van der Waals surface area contributed by atoms with Crippen molar-refractivity contribution in [2.75, 3.05) is 6.54 Å². The van der Waals surface area contributed by atoms with Gasteiger partial charge < -0.3 is 10.4 Å². The molecule has 4 nitrogen and oxygen atoms in total. The van der Waals surface area contributed by atoms with Gasteiger partial charge >= 0.3 is 5.97 Å². The molecule has 1 saturated carbocycles. The third-order valence-corrected chi connectivity index (χ3v) is 3.80. The molecule has 0 saturated heterocycles. The monoisotopic (exact) mass is 273 g/mol. The smallest absolute Gasteiger partial charge is 0.328 e. The van der Waals surface area contributed by atoms with Gasteiger partial charge in [-0.15, -0.1) is 0 Å². The minimum Gasteiger partial charge on any atom is -0.478 e. The van der Waals surface area contributed by atoms with E-state index in [4.69, 9.17) is 5.11 Å². The predicted octanol–water partition coefficient (Wildman–Crippen LogP) is 2.70. The van der Waals surface area contributed by atoms with Gasteiger partial charge in [0.05, 0.1) is 0 Å². The van der Waals surface area contributed by atoms with Crippen LogP contribution in [0, 0.1) is 5.41 Å². The van der Waals surface area contributed by atoms with Crippen LogP contribution in [0.15, 0.2) is 30.3 Å². The SMILES string of the molecule is CC1(CNC(=O)c2cccc(/C=C/C(=O)O)c2)CCC1. The molecular weight excluding hydrogens is 254 g/mol. The molecular formula is C16H19NO3. The van der Waals surface area contributed by atoms with Crippen molar-refractivity contribution < 1.29 is 14.7 Å². The largest absolute Gasteiger partial charge is 0.478 e. The molecule has 0 spiro atoms. The highest BCUT2D eigenvalue weighted by Gasteiger charge is 2.31. The van der Waals surface area contributed by atoms with Crippen LogP contribution in [0.4, 0.5) is 0 Å². The number of amides is 1. The minimum atomic E-state index is -1.00. The molecule has 0 atom stereocenters. The second kappa shape index (κ2) is 5.90. The van der Waals surface area contributed by atoms with Crippen molar-refractivity contribution in [3.8, 4) is 0 Å². The van der Waals surface area contributed by atoms with Crippen molar-refractivity contribution in [2.24, 2.45) is 5.41 Å². The van der Waals surface area contributed by atoms with Crippen LogP contribution in [0.2, 0.25) is 0 Å². The molecule has 0 heterocycles. The summed E-state index contributed by atoms with van der Waals surface area (Å²) in [6.45, 7) is 2.88. The normalized spacial score (nSPS) is 16.6. The summed E-state index contributed by atoms with van der Waals surface area (Å²) in [6, 6.07) is 6.94. The van der Waals surface area contributed by atoms with Gasteiger partial charge in [0.25, 0.3) is 5.91 Å². The maximum atomic E-state index is 12.1. The molecule has 0 bridgehead atoms. The fraction of sp³-hybridized carbons (Fsp3) is 0.375. The van der Waals surface area contributed by atoms with Gasteiger partial charge in [0.2, 0.25) is 0 Å². The van der Waals surface area contributed by atoms with Gasteiger partial charge in [-0.05, 0) is 42.0 Å². The number of rotatable bonds is 5. The van der Waals surface area contributed by atoms with Gasteiger partial charge in [-0.1, -0.05) is 25.5 Å². The van der Waals surface area contributed by atoms with E-state index in [9.17, 15) is 9.59 Å². The third-order valence-electron chi connectivity index (χ3n) is 3.80. The number of benzene rings is 1. The van der Waals surface area contributed by atoms with E-state index < -0.39 is 5.97 Å². The van der Waals surface area contributed by atoms with E-state index in [1.807, 2.05) is 0 Å². The van der Waals surface area contributed by atoms with Crippen molar-refractivity contribution in [2.45, 2.75) is 26.2 Å². The Morgan fingerprint density at radius 2 is 2.15 bits per heavy atom. The summed E-state index contributed by atoms with van der Waals surface area (Å²) < 4.78 is 0. The average Bonchev–Trinajstić information content (AvgIpc) is 2.40. The van der Waals surface area contributed by atoms with Gasteiger partial charge in [0.15, 0.2) is 0 Å². The van der Waals surface area contributed by atoms with E-state index in [-0.39, 0.29) is 11.3 Å². The first-order valence-electron chi connectivity index (χ1n) is 6.78. The first kappa shape index (κ1) is 14.3. The Bertz CT molecular complexity index is 544. The van der Waals surface area contributed by atoms with Gasteiger partial charge in [-0.3, -0.25) is 4.79 Å². The highest BCUT2D eigenvalue weighted by Crippen LogP contribution is 2.39. The highest BCUT2D eigenvalue weighted by atomic mass is 16.4. The molecule has 1 aromatic rings. The fourth-order valence-electron chi connectivity index (χ4n) is 2.30. The number of aliphatic carboxylic acids is 1. The molecule has 0 radical (unpaired) electrons. The van der Waals surface area contributed by atoms with E-state index in [1.54, 1.807) is 24.3 Å². The molecule has 1 amide bonds. The van der Waals surface area contributed by atoms with E-state index >= 15 is 0 Å². The van der Waals surface area contributed by atoms with E-state index in [2.05, 4.69) is 12.2 Å². The van der Waals surface area contributed by atoms with Gasteiger partial charge in [0.1, 0.15) is 0 Å². The molecule has 1 fully saturated rings. The van der Waals surface area contributed by atoms with Crippen LogP contribution in [-0.2, 0) is 4.79 Å². The van der Waals surface area contributed by atoms with Crippen LogP contribution in [0.5, 0.6) is 0 Å².